The Hall–Kier alpha value is -6.12. The molecule has 0 fully saturated rings. The lowest BCUT2D eigenvalue weighted by atomic mass is 9.96. The predicted molar refractivity (Wildman–Crippen MR) is 239 cm³/mol. The Morgan fingerprint density at radius 3 is 0.857 bits per heavy atom. The number of benzene rings is 7. The highest BCUT2D eigenvalue weighted by molar-refractivity contribution is 5.79. The van der Waals surface area contributed by atoms with Crippen molar-refractivity contribution >= 4 is 16.9 Å². The van der Waals surface area contributed by atoms with Crippen LogP contribution in [-0.4, -0.2) is 0 Å². The Bertz CT molecular complexity index is 2200. The molecule has 0 atom stereocenters. The molecule has 0 aromatic heterocycles. The summed E-state index contributed by atoms with van der Waals surface area (Å²) in [5.41, 5.74) is 18.9. The normalized spacial score (nSPS) is 11.0. The molecule has 2 heteroatoms. The van der Waals surface area contributed by atoms with Gasteiger partial charge in [0, 0.05) is 37.6 Å². The Morgan fingerprint density at radius 2 is 0.554 bits per heavy atom. The Kier molecular flexibility index (Phi) is 12.3. The summed E-state index contributed by atoms with van der Waals surface area (Å²) in [6, 6.07) is 62.7. The van der Waals surface area contributed by atoms with Crippen LogP contribution >= 0.6 is 0 Å². The lowest BCUT2D eigenvalue weighted by molar-refractivity contribution is 0.798. The molecule has 2 nitrogen and oxygen atoms in total. The Morgan fingerprint density at radius 1 is 0.321 bits per heavy atom. The maximum atomic E-state index is 4.51. The SMILES string of the molecule is C=C(c1ccc(CCc2ccc(N(Cc3ccc(C)cc3)Cc3ccc(C)cc3)cc2)cc1)c1ccc(N(Cc2ccc(C)cc2)Cc2ccc(C)cc2)cc1. The number of aryl methyl sites for hydroxylation is 6. The molecule has 0 aliphatic rings. The third kappa shape index (κ3) is 10.3. The fraction of sp³-hybridized carbons (Fsp3) is 0.185. The van der Waals surface area contributed by atoms with Crippen LogP contribution in [0, 0.1) is 27.7 Å². The molecular formula is C54H54N2. The van der Waals surface area contributed by atoms with Gasteiger partial charge in [-0.15, -0.1) is 0 Å². The number of anilines is 2. The number of hydrogen-bond acceptors (Lipinski definition) is 2. The number of nitrogens with zero attached hydrogens (tertiary/aromatic N) is 2. The fourth-order valence-corrected chi connectivity index (χ4v) is 7.21. The Balaban J connectivity index is 0.979. The molecule has 0 spiro atoms. The van der Waals surface area contributed by atoms with Crippen LogP contribution in [-0.2, 0) is 39.0 Å². The summed E-state index contributed by atoms with van der Waals surface area (Å²) in [5.74, 6) is 0. The van der Waals surface area contributed by atoms with Gasteiger partial charge in [0.25, 0.3) is 0 Å². The highest BCUT2D eigenvalue weighted by Crippen LogP contribution is 2.28. The predicted octanol–water partition coefficient (Wildman–Crippen LogP) is 13.2. The molecule has 7 rings (SSSR count). The maximum Gasteiger partial charge on any atom is 0.0433 e. The summed E-state index contributed by atoms with van der Waals surface area (Å²) in [5, 5.41) is 0. The molecule has 0 unspecified atom stereocenters. The van der Waals surface area contributed by atoms with Crippen LogP contribution in [0.5, 0.6) is 0 Å². The first kappa shape index (κ1) is 38.2. The topological polar surface area (TPSA) is 6.48 Å². The largest absolute Gasteiger partial charge is 0.363 e. The van der Waals surface area contributed by atoms with Gasteiger partial charge in [-0.25, -0.2) is 0 Å². The van der Waals surface area contributed by atoms with Crippen LogP contribution in [0.2, 0.25) is 0 Å². The second kappa shape index (κ2) is 18.0. The number of hydrogen-bond donors (Lipinski definition) is 0. The zero-order chi connectivity index (χ0) is 38.9. The summed E-state index contributed by atoms with van der Waals surface area (Å²) in [7, 11) is 0. The van der Waals surface area contributed by atoms with E-state index in [1.807, 2.05) is 0 Å². The summed E-state index contributed by atoms with van der Waals surface area (Å²) < 4.78 is 0. The van der Waals surface area contributed by atoms with Gasteiger partial charge in [-0.1, -0.05) is 174 Å². The molecule has 0 amide bonds. The molecule has 0 saturated carbocycles. The van der Waals surface area contributed by atoms with E-state index in [1.54, 1.807) is 0 Å². The van der Waals surface area contributed by atoms with Crippen molar-refractivity contribution in [2.24, 2.45) is 0 Å². The monoisotopic (exact) mass is 730 g/mol. The van der Waals surface area contributed by atoms with Gasteiger partial charge in [0.15, 0.2) is 0 Å². The summed E-state index contributed by atoms with van der Waals surface area (Å²) in [6.45, 7) is 16.5. The highest BCUT2D eigenvalue weighted by atomic mass is 15.1. The second-order valence-corrected chi connectivity index (χ2v) is 15.5. The summed E-state index contributed by atoms with van der Waals surface area (Å²) in [4.78, 5) is 4.93. The molecule has 280 valence electrons. The summed E-state index contributed by atoms with van der Waals surface area (Å²) in [6.07, 6.45) is 1.99. The zero-order valence-electron chi connectivity index (χ0n) is 33.5. The van der Waals surface area contributed by atoms with Crippen molar-refractivity contribution in [3.05, 3.63) is 243 Å². The van der Waals surface area contributed by atoms with E-state index in [4.69, 9.17) is 0 Å². The average Bonchev–Trinajstić information content (AvgIpc) is 3.23. The second-order valence-electron chi connectivity index (χ2n) is 15.5. The van der Waals surface area contributed by atoms with Gasteiger partial charge in [0.1, 0.15) is 0 Å². The minimum Gasteiger partial charge on any atom is -0.363 e. The van der Waals surface area contributed by atoms with Crippen LogP contribution in [0.15, 0.2) is 176 Å². The lowest BCUT2D eigenvalue weighted by Crippen LogP contribution is -2.22. The van der Waals surface area contributed by atoms with Crippen molar-refractivity contribution < 1.29 is 0 Å². The first-order chi connectivity index (χ1) is 27.2. The molecule has 0 aliphatic carbocycles. The van der Waals surface area contributed by atoms with E-state index in [1.165, 1.54) is 67.0 Å². The smallest absolute Gasteiger partial charge is 0.0433 e. The molecule has 7 aromatic carbocycles. The van der Waals surface area contributed by atoms with Crippen LogP contribution in [0.3, 0.4) is 0 Å². The van der Waals surface area contributed by atoms with E-state index in [-0.39, 0.29) is 0 Å². The van der Waals surface area contributed by atoms with Gasteiger partial charge in [0.2, 0.25) is 0 Å². The molecular weight excluding hydrogens is 677 g/mol. The molecule has 0 radical (unpaired) electrons. The van der Waals surface area contributed by atoms with Crippen LogP contribution in [0.1, 0.15) is 66.8 Å². The third-order valence-electron chi connectivity index (χ3n) is 10.9. The Labute approximate surface area is 335 Å². The maximum absolute atomic E-state index is 4.51. The van der Waals surface area contributed by atoms with Crippen molar-refractivity contribution in [2.45, 2.75) is 66.7 Å². The van der Waals surface area contributed by atoms with E-state index >= 15 is 0 Å². The molecule has 0 saturated heterocycles. The lowest BCUT2D eigenvalue weighted by Gasteiger charge is -2.26. The van der Waals surface area contributed by atoms with Crippen molar-refractivity contribution in [2.75, 3.05) is 9.80 Å². The molecule has 0 heterocycles. The van der Waals surface area contributed by atoms with E-state index in [0.29, 0.717) is 0 Å². The third-order valence-corrected chi connectivity index (χ3v) is 10.9. The fourth-order valence-electron chi connectivity index (χ4n) is 7.21. The minimum atomic E-state index is 0.848. The number of rotatable bonds is 15. The van der Waals surface area contributed by atoms with Crippen molar-refractivity contribution in [3.8, 4) is 0 Å². The van der Waals surface area contributed by atoms with Crippen LogP contribution in [0.25, 0.3) is 5.57 Å². The quantitative estimate of drug-likeness (QED) is 0.104. The van der Waals surface area contributed by atoms with Gasteiger partial charge in [-0.05, 0) is 115 Å². The molecule has 7 aromatic rings. The molecule has 0 aliphatic heterocycles. The van der Waals surface area contributed by atoms with Crippen LogP contribution < -0.4 is 9.80 Å². The van der Waals surface area contributed by atoms with Crippen molar-refractivity contribution in [1.82, 2.24) is 0 Å². The average molecular weight is 731 g/mol. The zero-order valence-corrected chi connectivity index (χ0v) is 33.5. The van der Waals surface area contributed by atoms with Gasteiger partial charge < -0.3 is 9.80 Å². The van der Waals surface area contributed by atoms with Crippen LogP contribution in [0.4, 0.5) is 11.4 Å². The van der Waals surface area contributed by atoms with Crippen molar-refractivity contribution in [3.63, 3.8) is 0 Å². The molecule has 0 bridgehead atoms. The van der Waals surface area contributed by atoms with Gasteiger partial charge in [-0.2, -0.15) is 0 Å². The van der Waals surface area contributed by atoms with Gasteiger partial charge in [0.05, 0.1) is 0 Å². The molecule has 56 heavy (non-hydrogen) atoms. The van der Waals surface area contributed by atoms with E-state index in [9.17, 15) is 0 Å². The standard InChI is InChI=1S/C54H54N2/c1-40-6-14-47(15-7-40)36-55(37-48-16-8-41(2)9-17-48)53-32-26-46(27-33-53)23-22-45-24-28-51(29-25-45)44(5)52-30-34-54(35-31-52)56(38-49-18-10-42(3)11-19-49)39-50-20-12-43(4)13-21-50/h6-21,24-35H,5,22-23,36-39H2,1-4H3. The van der Waals surface area contributed by atoms with Gasteiger partial charge in [-0.3, -0.25) is 0 Å². The van der Waals surface area contributed by atoms with E-state index < -0.39 is 0 Å². The minimum absolute atomic E-state index is 0.848. The van der Waals surface area contributed by atoms with E-state index in [2.05, 4.69) is 214 Å². The highest BCUT2D eigenvalue weighted by Gasteiger charge is 2.12. The first-order valence-corrected chi connectivity index (χ1v) is 19.9. The summed E-state index contributed by atoms with van der Waals surface area (Å²) >= 11 is 0. The first-order valence-electron chi connectivity index (χ1n) is 19.9. The van der Waals surface area contributed by atoms with Gasteiger partial charge >= 0.3 is 0 Å². The molecule has 0 N–H and O–H groups in total. The van der Waals surface area contributed by atoms with E-state index in [0.717, 1.165) is 55.7 Å². The van der Waals surface area contributed by atoms with Crippen molar-refractivity contribution in [1.29, 1.82) is 0 Å².